The van der Waals surface area contributed by atoms with Crippen molar-refractivity contribution in [3.8, 4) is 17.6 Å². The molecule has 0 atom stereocenters. The van der Waals surface area contributed by atoms with E-state index in [-0.39, 0.29) is 12.2 Å². The molecule has 0 aromatic heterocycles. The van der Waals surface area contributed by atoms with Gasteiger partial charge in [0, 0.05) is 11.6 Å². The number of ether oxygens (including phenoxy) is 2. The van der Waals surface area contributed by atoms with Crippen LogP contribution in [0.15, 0.2) is 36.4 Å². The molecule has 0 N–H and O–H groups in total. The second kappa shape index (κ2) is 6.27. The first-order chi connectivity index (χ1) is 9.65. The van der Waals surface area contributed by atoms with Gasteiger partial charge in [-0.25, -0.2) is 4.39 Å². The summed E-state index contributed by atoms with van der Waals surface area (Å²) >= 11 is 5.89. The molecule has 0 heterocycles. The van der Waals surface area contributed by atoms with Crippen molar-refractivity contribution in [1.82, 2.24) is 0 Å². The Kier molecular flexibility index (Phi) is 4.44. The Morgan fingerprint density at radius 1 is 1.30 bits per heavy atom. The van der Waals surface area contributed by atoms with Gasteiger partial charge >= 0.3 is 0 Å². The molecule has 0 saturated heterocycles. The highest BCUT2D eigenvalue weighted by Gasteiger charge is 2.09. The number of hydrogen-bond acceptors (Lipinski definition) is 3. The van der Waals surface area contributed by atoms with Gasteiger partial charge in [0.2, 0.25) is 0 Å². The fraction of sp³-hybridized carbons (Fsp3) is 0.133. The van der Waals surface area contributed by atoms with E-state index in [4.69, 9.17) is 26.3 Å². The lowest BCUT2D eigenvalue weighted by Gasteiger charge is -2.10. The smallest absolute Gasteiger partial charge is 0.139 e. The molecule has 0 radical (unpaired) electrons. The second-order valence-corrected chi connectivity index (χ2v) is 4.38. The van der Waals surface area contributed by atoms with Crippen molar-refractivity contribution in [3.63, 3.8) is 0 Å². The number of nitriles is 1. The lowest BCUT2D eigenvalue weighted by Crippen LogP contribution is -2.00. The molecule has 0 amide bonds. The molecule has 2 rings (SSSR count). The Labute approximate surface area is 121 Å². The van der Waals surface area contributed by atoms with E-state index >= 15 is 0 Å². The van der Waals surface area contributed by atoms with Crippen LogP contribution in [0.1, 0.15) is 11.1 Å². The van der Waals surface area contributed by atoms with E-state index in [1.54, 1.807) is 30.3 Å². The summed E-state index contributed by atoms with van der Waals surface area (Å²) < 4.78 is 24.1. The standard InChI is InChI=1S/C15H11ClFNO2/c1-19-11-6-5-10(14(17)7-11)9-20-15-4-2-3-13(16)12(15)8-18/h2-7H,9H2,1H3. The first kappa shape index (κ1) is 14.2. The van der Waals surface area contributed by atoms with Gasteiger partial charge in [-0.3, -0.25) is 0 Å². The van der Waals surface area contributed by atoms with Crippen LogP contribution in [0.4, 0.5) is 4.39 Å². The minimum absolute atomic E-state index is 0.00481. The monoisotopic (exact) mass is 291 g/mol. The summed E-state index contributed by atoms with van der Waals surface area (Å²) in [5, 5.41) is 9.32. The van der Waals surface area contributed by atoms with Crippen LogP contribution in [-0.2, 0) is 6.61 Å². The van der Waals surface area contributed by atoms with Gasteiger partial charge in [-0.15, -0.1) is 0 Å². The zero-order valence-electron chi connectivity index (χ0n) is 10.7. The van der Waals surface area contributed by atoms with E-state index in [0.717, 1.165) is 0 Å². The van der Waals surface area contributed by atoms with Gasteiger partial charge in [-0.2, -0.15) is 5.26 Å². The van der Waals surface area contributed by atoms with Gasteiger partial charge in [0.15, 0.2) is 0 Å². The van der Waals surface area contributed by atoms with Crippen LogP contribution in [-0.4, -0.2) is 7.11 Å². The summed E-state index contributed by atoms with van der Waals surface area (Å²) in [6.07, 6.45) is 0. The number of methoxy groups -OCH3 is 1. The molecule has 0 spiro atoms. The van der Waals surface area contributed by atoms with Crippen molar-refractivity contribution in [3.05, 3.63) is 58.4 Å². The SMILES string of the molecule is COc1ccc(COc2cccc(Cl)c2C#N)c(F)c1. The molecule has 0 bridgehead atoms. The minimum atomic E-state index is -0.426. The number of benzene rings is 2. The van der Waals surface area contributed by atoms with Crippen LogP contribution >= 0.6 is 11.6 Å². The topological polar surface area (TPSA) is 42.2 Å². The van der Waals surface area contributed by atoms with E-state index in [1.165, 1.54) is 13.2 Å². The highest BCUT2D eigenvalue weighted by Crippen LogP contribution is 2.26. The maximum absolute atomic E-state index is 13.8. The summed E-state index contributed by atoms with van der Waals surface area (Å²) in [6.45, 7) is 0.00481. The van der Waals surface area contributed by atoms with E-state index < -0.39 is 5.82 Å². The van der Waals surface area contributed by atoms with E-state index in [2.05, 4.69) is 0 Å². The average Bonchev–Trinajstić information content (AvgIpc) is 2.46. The average molecular weight is 292 g/mol. The van der Waals surface area contributed by atoms with Gasteiger partial charge in [-0.05, 0) is 24.3 Å². The maximum atomic E-state index is 13.8. The van der Waals surface area contributed by atoms with Crippen LogP contribution in [0.25, 0.3) is 0 Å². The molecule has 102 valence electrons. The Hall–Kier alpha value is -2.25. The van der Waals surface area contributed by atoms with Crippen molar-refractivity contribution in [2.75, 3.05) is 7.11 Å². The third-order valence-corrected chi connectivity index (χ3v) is 3.05. The van der Waals surface area contributed by atoms with Crippen molar-refractivity contribution < 1.29 is 13.9 Å². The highest BCUT2D eigenvalue weighted by atomic mass is 35.5. The predicted octanol–water partition coefficient (Wildman–Crippen LogP) is 3.94. The summed E-state index contributed by atoms with van der Waals surface area (Å²) in [5.74, 6) is 0.340. The zero-order chi connectivity index (χ0) is 14.5. The normalized spacial score (nSPS) is 9.90. The molecule has 0 aliphatic rings. The molecular weight excluding hydrogens is 281 g/mol. The van der Waals surface area contributed by atoms with Crippen LogP contribution in [0.3, 0.4) is 0 Å². The predicted molar refractivity (Wildman–Crippen MR) is 73.5 cm³/mol. The molecule has 0 fully saturated rings. The van der Waals surface area contributed by atoms with Crippen molar-refractivity contribution in [2.24, 2.45) is 0 Å². The zero-order valence-corrected chi connectivity index (χ0v) is 11.4. The fourth-order valence-corrected chi connectivity index (χ4v) is 1.87. The molecule has 5 heteroatoms. The summed E-state index contributed by atoms with van der Waals surface area (Å²) in [5.41, 5.74) is 0.609. The van der Waals surface area contributed by atoms with Gasteiger partial charge < -0.3 is 9.47 Å². The van der Waals surface area contributed by atoms with E-state index in [1.807, 2.05) is 6.07 Å². The van der Waals surface area contributed by atoms with E-state index in [0.29, 0.717) is 22.1 Å². The van der Waals surface area contributed by atoms with Gasteiger partial charge in [-0.1, -0.05) is 17.7 Å². The highest BCUT2D eigenvalue weighted by molar-refractivity contribution is 6.31. The van der Waals surface area contributed by atoms with E-state index in [9.17, 15) is 4.39 Å². The summed E-state index contributed by atoms with van der Waals surface area (Å²) in [4.78, 5) is 0. The minimum Gasteiger partial charge on any atom is -0.497 e. The van der Waals surface area contributed by atoms with Gasteiger partial charge in [0.05, 0.1) is 12.1 Å². The molecule has 0 aliphatic heterocycles. The quantitative estimate of drug-likeness (QED) is 0.857. The third kappa shape index (κ3) is 3.01. The molecule has 2 aromatic rings. The first-order valence-corrected chi connectivity index (χ1v) is 6.17. The fourth-order valence-electron chi connectivity index (χ4n) is 1.66. The summed E-state index contributed by atoms with van der Waals surface area (Å²) in [7, 11) is 1.47. The van der Waals surface area contributed by atoms with Crippen LogP contribution in [0.2, 0.25) is 5.02 Å². The van der Waals surface area contributed by atoms with Crippen molar-refractivity contribution in [1.29, 1.82) is 5.26 Å². The largest absolute Gasteiger partial charge is 0.497 e. The third-order valence-electron chi connectivity index (χ3n) is 2.73. The Bertz CT molecular complexity index is 667. The molecular formula is C15H11ClFNO2. The number of nitrogens with zero attached hydrogens (tertiary/aromatic N) is 1. The first-order valence-electron chi connectivity index (χ1n) is 5.79. The molecule has 0 aliphatic carbocycles. The van der Waals surface area contributed by atoms with Gasteiger partial charge in [0.25, 0.3) is 0 Å². The van der Waals surface area contributed by atoms with Crippen LogP contribution in [0.5, 0.6) is 11.5 Å². The van der Waals surface area contributed by atoms with Crippen molar-refractivity contribution in [2.45, 2.75) is 6.61 Å². The van der Waals surface area contributed by atoms with Gasteiger partial charge in [0.1, 0.15) is 35.6 Å². The van der Waals surface area contributed by atoms with Crippen LogP contribution < -0.4 is 9.47 Å². The lowest BCUT2D eigenvalue weighted by atomic mass is 10.2. The van der Waals surface area contributed by atoms with Crippen LogP contribution in [0, 0.1) is 17.1 Å². The molecule has 0 unspecified atom stereocenters. The molecule has 3 nitrogen and oxygen atoms in total. The Morgan fingerprint density at radius 3 is 2.75 bits per heavy atom. The van der Waals surface area contributed by atoms with Crippen molar-refractivity contribution >= 4 is 11.6 Å². The Balaban J connectivity index is 2.18. The molecule has 2 aromatic carbocycles. The number of rotatable bonds is 4. The second-order valence-electron chi connectivity index (χ2n) is 3.97. The lowest BCUT2D eigenvalue weighted by molar-refractivity contribution is 0.298. The number of halogens is 2. The maximum Gasteiger partial charge on any atom is 0.139 e. The number of hydrogen-bond donors (Lipinski definition) is 0. The Morgan fingerprint density at radius 2 is 2.10 bits per heavy atom. The summed E-state index contributed by atoms with van der Waals surface area (Å²) in [6, 6.07) is 11.3. The molecule has 0 saturated carbocycles. The molecule has 20 heavy (non-hydrogen) atoms.